The lowest BCUT2D eigenvalue weighted by atomic mass is 9.89. The Morgan fingerprint density at radius 1 is 0.853 bits per heavy atom. The first-order chi connectivity index (χ1) is 16.5. The molecule has 3 heteroatoms. The summed E-state index contributed by atoms with van der Waals surface area (Å²) in [5.74, 6) is 0.100. The Morgan fingerprint density at radius 2 is 1.50 bits per heavy atom. The first-order valence-electron chi connectivity index (χ1n) is 12.4. The molecule has 0 radical (unpaired) electrons. The lowest BCUT2D eigenvalue weighted by Crippen LogP contribution is -2.43. The smallest absolute Gasteiger partial charge is 0.410 e. The van der Waals surface area contributed by atoms with Crippen molar-refractivity contribution in [3.63, 3.8) is 0 Å². The van der Waals surface area contributed by atoms with Gasteiger partial charge in [-0.05, 0) is 90.1 Å². The highest BCUT2D eigenvalue weighted by Gasteiger charge is 2.41. The van der Waals surface area contributed by atoms with Crippen LogP contribution in [0, 0.1) is 20.8 Å². The van der Waals surface area contributed by atoms with Crippen molar-refractivity contribution in [3.8, 4) is 11.1 Å². The van der Waals surface area contributed by atoms with E-state index < -0.39 is 0 Å². The van der Waals surface area contributed by atoms with Crippen LogP contribution < -0.4 is 0 Å². The van der Waals surface area contributed by atoms with Crippen LogP contribution in [-0.4, -0.2) is 29.7 Å². The van der Waals surface area contributed by atoms with Crippen LogP contribution in [0.2, 0.25) is 0 Å². The molecule has 3 nitrogen and oxygen atoms in total. The van der Waals surface area contributed by atoms with E-state index in [1.807, 2.05) is 4.90 Å². The van der Waals surface area contributed by atoms with Gasteiger partial charge in [0.25, 0.3) is 0 Å². The largest absolute Gasteiger partial charge is 0.448 e. The van der Waals surface area contributed by atoms with Gasteiger partial charge in [-0.3, -0.25) is 4.90 Å². The molecule has 3 aromatic carbocycles. The Bertz CT molecular complexity index is 1280. The van der Waals surface area contributed by atoms with Crippen LogP contribution in [0.25, 0.3) is 16.7 Å². The van der Waals surface area contributed by atoms with Crippen molar-refractivity contribution >= 4 is 11.7 Å². The number of carbonyl (C=O) groups is 1. The first kappa shape index (κ1) is 21.2. The Hall–Kier alpha value is -3.33. The topological polar surface area (TPSA) is 29.5 Å². The summed E-state index contributed by atoms with van der Waals surface area (Å²) in [6.45, 7) is 6.93. The number of rotatable bonds is 3. The second-order valence-corrected chi connectivity index (χ2v) is 10.2. The molecule has 1 fully saturated rings. The number of hydrogen-bond donors (Lipinski definition) is 0. The molecular weight excluding hydrogens is 418 g/mol. The Kier molecular flexibility index (Phi) is 5.09. The summed E-state index contributed by atoms with van der Waals surface area (Å²) in [4.78, 5) is 15.3. The van der Waals surface area contributed by atoms with Gasteiger partial charge in [0.2, 0.25) is 0 Å². The van der Waals surface area contributed by atoms with Crippen LogP contribution in [0.4, 0.5) is 4.79 Å². The molecule has 3 aromatic rings. The maximum atomic E-state index is 13.3. The number of fused-ring (bicyclic) bond motifs is 5. The predicted octanol–water partition coefficient (Wildman–Crippen LogP) is 7.18. The van der Waals surface area contributed by atoms with Crippen molar-refractivity contribution in [1.82, 2.24) is 4.90 Å². The van der Waals surface area contributed by atoms with Gasteiger partial charge in [-0.1, -0.05) is 66.7 Å². The van der Waals surface area contributed by atoms with Crippen molar-refractivity contribution in [2.75, 3.05) is 6.61 Å². The summed E-state index contributed by atoms with van der Waals surface area (Å²) < 4.78 is 6.02. The summed E-state index contributed by atoms with van der Waals surface area (Å²) >= 11 is 0. The molecule has 1 amide bonds. The zero-order chi connectivity index (χ0) is 23.4. The van der Waals surface area contributed by atoms with Gasteiger partial charge in [-0.15, -0.1) is 0 Å². The van der Waals surface area contributed by atoms with Crippen LogP contribution in [0.5, 0.6) is 0 Å². The van der Waals surface area contributed by atoms with Crippen LogP contribution >= 0.6 is 0 Å². The molecule has 2 atom stereocenters. The molecule has 1 aliphatic carbocycles. The monoisotopic (exact) mass is 449 g/mol. The number of ether oxygens (including phenoxy) is 1. The van der Waals surface area contributed by atoms with Gasteiger partial charge < -0.3 is 4.74 Å². The third-order valence-electron chi connectivity index (χ3n) is 8.13. The third-order valence-corrected chi connectivity index (χ3v) is 8.13. The molecule has 2 aliphatic heterocycles. The summed E-state index contributed by atoms with van der Waals surface area (Å²) in [5, 5.41) is 0. The SMILES string of the molecule is Cc1cc(C)c(C2=CC3CCC(C2)N3C(=O)OCC2c3ccccc3-c3ccccc32)cc1C. The van der Waals surface area contributed by atoms with E-state index in [0.717, 1.165) is 19.3 Å². The molecule has 1 saturated heterocycles. The van der Waals surface area contributed by atoms with Crippen molar-refractivity contribution in [3.05, 3.63) is 100 Å². The Labute approximate surface area is 202 Å². The second-order valence-electron chi connectivity index (χ2n) is 10.2. The van der Waals surface area contributed by atoms with E-state index in [9.17, 15) is 4.79 Å². The molecule has 34 heavy (non-hydrogen) atoms. The zero-order valence-electron chi connectivity index (χ0n) is 20.2. The van der Waals surface area contributed by atoms with E-state index in [1.54, 1.807) is 0 Å². The van der Waals surface area contributed by atoms with E-state index >= 15 is 0 Å². The summed E-state index contributed by atoms with van der Waals surface area (Å²) in [7, 11) is 0. The zero-order valence-corrected chi connectivity index (χ0v) is 20.2. The summed E-state index contributed by atoms with van der Waals surface area (Å²) in [6, 6.07) is 21.9. The van der Waals surface area contributed by atoms with Gasteiger partial charge >= 0.3 is 6.09 Å². The quantitative estimate of drug-likeness (QED) is 0.424. The minimum Gasteiger partial charge on any atom is -0.448 e. The molecule has 0 N–H and O–H groups in total. The Morgan fingerprint density at radius 3 is 2.18 bits per heavy atom. The number of amides is 1. The van der Waals surface area contributed by atoms with Gasteiger partial charge in [0.15, 0.2) is 0 Å². The van der Waals surface area contributed by atoms with Crippen LogP contribution in [0.1, 0.15) is 58.6 Å². The molecule has 6 rings (SSSR count). The van der Waals surface area contributed by atoms with Gasteiger partial charge in [0.1, 0.15) is 6.61 Å². The highest BCUT2D eigenvalue weighted by atomic mass is 16.6. The molecule has 0 saturated carbocycles. The van der Waals surface area contributed by atoms with E-state index in [4.69, 9.17) is 4.74 Å². The van der Waals surface area contributed by atoms with Crippen LogP contribution in [0.15, 0.2) is 66.7 Å². The minimum absolute atomic E-state index is 0.100. The van der Waals surface area contributed by atoms with Crippen molar-refractivity contribution < 1.29 is 9.53 Å². The highest BCUT2D eigenvalue weighted by molar-refractivity contribution is 5.80. The summed E-state index contributed by atoms with van der Waals surface area (Å²) in [5.41, 5.74) is 11.7. The number of nitrogens with zero attached hydrogens (tertiary/aromatic N) is 1. The fourth-order valence-corrected chi connectivity index (χ4v) is 6.29. The third kappa shape index (κ3) is 3.37. The predicted molar refractivity (Wildman–Crippen MR) is 137 cm³/mol. The van der Waals surface area contributed by atoms with Crippen LogP contribution in [0.3, 0.4) is 0 Å². The molecule has 172 valence electrons. The number of aryl methyl sites for hydroxylation is 3. The fourth-order valence-electron chi connectivity index (χ4n) is 6.29. The Balaban J connectivity index is 1.21. The van der Waals surface area contributed by atoms with Crippen molar-refractivity contribution in [2.45, 2.75) is 58.0 Å². The van der Waals surface area contributed by atoms with E-state index in [2.05, 4.69) is 87.5 Å². The second kappa shape index (κ2) is 8.16. The molecule has 0 spiro atoms. The molecule has 3 aliphatic rings. The summed E-state index contributed by atoms with van der Waals surface area (Å²) in [6.07, 6.45) is 5.12. The average Bonchev–Trinajstić information content (AvgIpc) is 3.30. The minimum atomic E-state index is -0.165. The first-order valence-corrected chi connectivity index (χ1v) is 12.4. The van der Waals surface area contributed by atoms with Gasteiger partial charge in [-0.2, -0.15) is 0 Å². The molecule has 2 bridgehead atoms. The fraction of sp³-hybridized carbons (Fsp3) is 0.323. The average molecular weight is 450 g/mol. The number of hydrogen-bond acceptors (Lipinski definition) is 2. The van der Waals surface area contributed by atoms with Gasteiger partial charge in [-0.25, -0.2) is 4.79 Å². The van der Waals surface area contributed by atoms with E-state index in [-0.39, 0.29) is 24.1 Å². The molecule has 2 heterocycles. The highest BCUT2D eigenvalue weighted by Crippen LogP contribution is 2.45. The molecule has 2 unspecified atom stereocenters. The van der Waals surface area contributed by atoms with Gasteiger partial charge in [0.05, 0.1) is 6.04 Å². The standard InChI is InChI=1S/C31H31NO2/c1-19-14-21(3)29(15-20(19)2)22-16-23-12-13-24(17-22)32(23)31(33)34-18-30-27-10-6-4-8-25(27)26-9-5-7-11-28(26)30/h4-11,14-16,23-24,30H,12-13,17-18H2,1-3H3. The number of carbonyl (C=O) groups excluding carboxylic acids is 1. The van der Waals surface area contributed by atoms with E-state index in [0.29, 0.717) is 6.61 Å². The van der Waals surface area contributed by atoms with Crippen LogP contribution in [-0.2, 0) is 4.74 Å². The molecular formula is C31H31NO2. The lowest BCUT2D eigenvalue weighted by molar-refractivity contribution is 0.0866. The van der Waals surface area contributed by atoms with Crippen molar-refractivity contribution in [2.24, 2.45) is 0 Å². The maximum absolute atomic E-state index is 13.3. The van der Waals surface area contributed by atoms with Crippen molar-refractivity contribution in [1.29, 1.82) is 0 Å². The van der Waals surface area contributed by atoms with Gasteiger partial charge in [0, 0.05) is 12.0 Å². The lowest BCUT2D eigenvalue weighted by Gasteiger charge is -2.34. The maximum Gasteiger partial charge on any atom is 0.410 e. The molecule has 0 aromatic heterocycles. The van der Waals surface area contributed by atoms with E-state index in [1.165, 1.54) is 50.1 Å². The number of benzene rings is 3. The normalized spacial score (nSPS) is 20.7.